The Hall–Kier alpha value is -2.47. The van der Waals surface area contributed by atoms with E-state index in [9.17, 15) is 10.1 Å². The number of ether oxygens (including phenoxy) is 3. The van der Waals surface area contributed by atoms with Crippen molar-refractivity contribution in [3.05, 3.63) is 33.7 Å². The van der Waals surface area contributed by atoms with E-state index in [1.165, 1.54) is 11.3 Å². The van der Waals surface area contributed by atoms with E-state index in [1.54, 1.807) is 12.1 Å². The molecule has 1 aliphatic heterocycles. The number of carbonyl (C=O) groups is 1. The monoisotopic (exact) mass is 493 g/mol. The second-order valence-corrected chi connectivity index (χ2v) is 8.79. The molecule has 2 heterocycles. The summed E-state index contributed by atoms with van der Waals surface area (Å²) in [6, 6.07) is 6.06. The van der Waals surface area contributed by atoms with E-state index in [4.69, 9.17) is 14.2 Å². The van der Waals surface area contributed by atoms with Crippen LogP contribution in [0.25, 0.3) is 0 Å². The van der Waals surface area contributed by atoms with Gasteiger partial charge in [-0.1, -0.05) is 0 Å². The van der Waals surface area contributed by atoms with Crippen molar-refractivity contribution in [1.82, 2.24) is 4.90 Å². The normalized spacial score (nSPS) is 13.0. The Kier molecular flexibility index (Phi) is 9.84. The Balaban J connectivity index is 0.00000385. The van der Waals surface area contributed by atoms with Crippen LogP contribution in [0.4, 0.5) is 5.00 Å². The third-order valence-corrected chi connectivity index (χ3v) is 6.46. The van der Waals surface area contributed by atoms with Crippen molar-refractivity contribution in [2.24, 2.45) is 0 Å². The van der Waals surface area contributed by atoms with E-state index >= 15 is 0 Å². The highest BCUT2D eigenvalue weighted by atomic mass is 35.5. The SMILES string of the molecule is CCOc1cc(C(=O)Nc2sc3c(c2C#N)CCN(C(C)C)C3)cc(OCC)c1OCC.Cl. The van der Waals surface area contributed by atoms with Gasteiger partial charge >= 0.3 is 0 Å². The van der Waals surface area contributed by atoms with Gasteiger partial charge in [-0.25, -0.2) is 0 Å². The van der Waals surface area contributed by atoms with Gasteiger partial charge in [0, 0.05) is 29.6 Å². The topological polar surface area (TPSA) is 83.8 Å². The molecule has 9 heteroatoms. The van der Waals surface area contributed by atoms with Gasteiger partial charge in [-0.2, -0.15) is 5.26 Å². The summed E-state index contributed by atoms with van der Waals surface area (Å²) in [7, 11) is 0. The lowest BCUT2D eigenvalue weighted by Crippen LogP contribution is -2.35. The standard InChI is InChI=1S/C24H31N3O4S.ClH/c1-6-29-19-11-16(12-20(30-7-2)22(19)31-8-3)23(28)26-24-18(13-25)17-9-10-27(15(4)5)14-21(17)32-24;/h11-12,15H,6-10,14H2,1-5H3,(H,26,28);1H. The van der Waals surface area contributed by atoms with E-state index in [-0.39, 0.29) is 18.3 Å². The van der Waals surface area contributed by atoms with Crippen LogP contribution < -0.4 is 19.5 Å². The number of anilines is 1. The fourth-order valence-electron chi connectivity index (χ4n) is 3.77. The average molecular weight is 494 g/mol. The summed E-state index contributed by atoms with van der Waals surface area (Å²) in [5, 5.41) is 13.3. The number of nitrogens with one attached hydrogen (secondary N) is 1. The molecule has 33 heavy (non-hydrogen) atoms. The van der Waals surface area contributed by atoms with Gasteiger partial charge < -0.3 is 19.5 Å². The first-order valence-corrected chi connectivity index (χ1v) is 11.9. The molecule has 1 aromatic carbocycles. The van der Waals surface area contributed by atoms with Crippen LogP contribution in [-0.2, 0) is 13.0 Å². The number of amides is 1. The van der Waals surface area contributed by atoms with Crippen LogP contribution in [0.5, 0.6) is 17.2 Å². The quantitative estimate of drug-likeness (QED) is 0.513. The summed E-state index contributed by atoms with van der Waals surface area (Å²) in [5.41, 5.74) is 2.02. The predicted molar refractivity (Wildman–Crippen MR) is 133 cm³/mol. The fraction of sp³-hybridized carbons (Fsp3) is 0.500. The maximum Gasteiger partial charge on any atom is 0.256 e. The molecule has 0 saturated carbocycles. The zero-order chi connectivity index (χ0) is 23.3. The van der Waals surface area contributed by atoms with E-state index < -0.39 is 0 Å². The van der Waals surface area contributed by atoms with Crippen LogP contribution in [0, 0.1) is 11.3 Å². The highest BCUT2D eigenvalue weighted by Gasteiger charge is 2.27. The molecule has 1 N–H and O–H groups in total. The number of halogens is 1. The minimum Gasteiger partial charge on any atom is -0.490 e. The lowest BCUT2D eigenvalue weighted by molar-refractivity contribution is 0.102. The number of hydrogen-bond acceptors (Lipinski definition) is 7. The zero-order valence-electron chi connectivity index (χ0n) is 19.8. The van der Waals surface area contributed by atoms with E-state index in [0.717, 1.165) is 30.0 Å². The number of benzene rings is 1. The number of hydrogen-bond donors (Lipinski definition) is 1. The van der Waals surface area contributed by atoms with Gasteiger partial charge in [0.25, 0.3) is 5.91 Å². The molecule has 0 saturated heterocycles. The smallest absolute Gasteiger partial charge is 0.256 e. The van der Waals surface area contributed by atoms with Crippen molar-refractivity contribution < 1.29 is 19.0 Å². The molecule has 1 aliphatic rings. The van der Waals surface area contributed by atoms with Gasteiger partial charge in [-0.3, -0.25) is 9.69 Å². The Bertz CT molecular complexity index is 989. The van der Waals surface area contributed by atoms with E-state index in [1.807, 2.05) is 20.8 Å². The fourth-order valence-corrected chi connectivity index (χ4v) is 4.98. The first-order chi connectivity index (χ1) is 15.4. The van der Waals surface area contributed by atoms with Crippen molar-refractivity contribution in [2.75, 3.05) is 31.7 Å². The highest BCUT2D eigenvalue weighted by Crippen LogP contribution is 2.40. The predicted octanol–water partition coefficient (Wildman–Crippen LogP) is 5.26. The van der Waals surface area contributed by atoms with Crippen LogP contribution in [0.2, 0.25) is 0 Å². The van der Waals surface area contributed by atoms with Gasteiger partial charge in [0.2, 0.25) is 5.75 Å². The van der Waals surface area contributed by atoms with Gasteiger partial charge in [-0.05, 0) is 58.7 Å². The summed E-state index contributed by atoms with van der Waals surface area (Å²) < 4.78 is 17.2. The molecule has 0 spiro atoms. The van der Waals surface area contributed by atoms with E-state index in [0.29, 0.717) is 59.2 Å². The van der Waals surface area contributed by atoms with E-state index in [2.05, 4.69) is 30.1 Å². The molecule has 2 aromatic rings. The van der Waals surface area contributed by atoms with Gasteiger partial charge in [-0.15, -0.1) is 23.7 Å². The molecule has 7 nitrogen and oxygen atoms in total. The number of thiophene rings is 1. The summed E-state index contributed by atoms with van der Waals surface area (Å²) in [5.74, 6) is 1.10. The van der Waals surface area contributed by atoms with Gasteiger partial charge in [0.05, 0.1) is 25.4 Å². The molecule has 0 bridgehead atoms. The summed E-state index contributed by atoms with van der Waals surface area (Å²) >= 11 is 1.49. The summed E-state index contributed by atoms with van der Waals surface area (Å²) in [6.07, 6.45) is 0.814. The van der Waals surface area contributed by atoms with Crippen molar-refractivity contribution in [2.45, 2.75) is 53.6 Å². The van der Waals surface area contributed by atoms with Crippen LogP contribution in [0.15, 0.2) is 12.1 Å². The second-order valence-electron chi connectivity index (χ2n) is 7.69. The Morgan fingerprint density at radius 2 is 1.76 bits per heavy atom. The minimum absolute atomic E-state index is 0. The zero-order valence-corrected chi connectivity index (χ0v) is 21.5. The Morgan fingerprint density at radius 3 is 2.27 bits per heavy atom. The molecule has 0 atom stereocenters. The summed E-state index contributed by atoms with van der Waals surface area (Å²) in [6.45, 7) is 13.0. The van der Waals surface area contributed by atoms with Crippen LogP contribution >= 0.6 is 23.7 Å². The molecule has 1 amide bonds. The Labute approximate surface area is 206 Å². The van der Waals surface area contributed by atoms with Crippen molar-refractivity contribution in [3.8, 4) is 23.3 Å². The average Bonchev–Trinajstić information content (AvgIpc) is 3.11. The number of rotatable bonds is 9. The number of nitriles is 1. The first kappa shape index (κ1) is 26.8. The number of carbonyl (C=O) groups excluding carboxylic acids is 1. The highest BCUT2D eigenvalue weighted by molar-refractivity contribution is 7.16. The third-order valence-electron chi connectivity index (χ3n) is 5.33. The van der Waals surface area contributed by atoms with Gasteiger partial charge in [0.15, 0.2) is 11.5 Å². The van der Waals surface area contributed by atoms with Crippen LogP contribution in [0.3, 0.4) is 0 Å². The lowest BCUT2D eigenvalue weighted by Gasteiger charge is -2.30. The molecule has 0 radical (unpaired) electrons. The Morgan fingerprint density at radius 1 is 1.15 bits per heavy atom. The molecular weight excluding hydrogens is 462 g/mol. The summed E-state index contributed by atoms with van der Waals surface area (Å²) in [4.78, 5) is 16.7. The third kappa shape index (κ3) is 5.91. The molecule has 0 fully saturated rings. The van der Waals surface area contributed by atoms with Crippen molar-refractivity contribution in [3.63, 3.8) is 0 Å². The first-order valence-electron chi connectivity index (χ1n) is 11.1. The van der Waals surface area contributed by atoms with Gasteiger partial charge in [0.1, 0.15) is 11.1 Å². The lowest BCUT2D eigenvalue weighted by atomic mass is 10.0. The maximum atomic E-state index is 13.2. The molecule has 0 unspecified atom stereocenters. The van der Waals surface area contributed by atoms with Crippen LogP contribution in [-0.4, -0.2) is 43.2 Å². The second kappa shape index (κ2) is 12.1. The van der Waals surface area contributed by atoms with Crippen LogP contribution in [0.1, 0.15) is 61.0 Å². The minimum atomic E-state index is -0.314. The largest absolute Gasteiger partial charge is 0.490 e. The van der Waals surface area contributed by atoms with Crippen molar-refractivity contribution in [1.29, 1.82) is 5.26 Å². The molecular formula is C24H32ClN3O4S. The molecule has 0 aliphatic carbocycles. The molecule has 3 rings (SSSR count). The molecule has 180 valence electrons. The maximum absolute atomic E-state index is 13.2. The number of fused-ring (bicyclic) bond motifs is 1. The van der Waals surface area contributed by atoms with Crippen molar-refractivity contribution >= 4 is 34.7 Å². The molecule has 1 aromatic heterocycles. The number of nitrogens with zero attached hydrogens (tertiary/aromatic N) is 2.